The number of ether oxygens (including phenoxy) is 1. The van der Waals surface area contributed by atoms with Gasteiger partial charge in [0, 0.05) is 19.2 Å². The van der Waals surface area contributed by atoms with Gasteiger partial charge in [0.25, 0.3) is 0 Å². The third-order valence-corrected chi connectivity index (χ3v) is 2.92. The molecule has 0 aliphatic carbocycles. The van der Waals surface area contributed by atoms with Gasteiger partial charge in [-0.2, -0.15) is 0 Å². The van der Waals surface area contributed by atoms with Crippen LogP contribution in [0.1, 0.15) is 19.8 Å². The number of phenols is 1. The first kappa shape index (κ1) is 16.0. The quantitative estimate of drug-likeness (QED) is 0.793. The molecule has 0 saturated heterocycles. The zero-order chi connectivity index (χ0) is 15.1. The molecule has 6 heteroatoms. The Bertz CT molecular complexity index is 457. The fraction of sp³-hybridized carbons (Fsp3) is 0.429. The summed E-state index contributed by atoms with van der Waals surface area (Å²) in [4.78, 5) is 24.2. The Morgan fingerprint density at radius 3 is 2.40 bits per heavy atom. The van der Waals surface area contributed by atoms with Gasteiger partial charge in [-0.1, -0.05) is 0 Å². The van der Waals surface area contributed by atoms with E-state index < -0.39 is 12.5 Å². The van der Waals surface area contributed by atoms with Gasteiger partial charge in [0.15, 0.2) is 0 Å². The highest BCUT2D eigenvalue weighted by Gasteiger charge is 2.19. The minimum atomic E-state index is -1.09. The molecule has 20 heavy (non-hydrogen) atoms. The number of nitrogens with zero attached hydrogens (tertiary/aromatic N) is 1. The van der Waals surface area contributed by atoms with Crippen molar-refractivity contribution in [2.45, 2.75) is 25.9 Å². The van der Waals surface area contributed by atoms with Crippen molar-refractivity contribution in [2.75, 3.05) is 18.6 Å². The summed E-state index contributed by atoms with van der Waals surface area (Å²) in [6, 6.07) is 5.84. The fourth-order valence-corrected chi connectivity index (χ4v) is 1.67. The molecule has 1 aromatic carbocycles. The van der Waals surface area contributed by atoms with Crippen molar-refractivity contribution in [3.63, 3.8) is 0 Å². The number of aliphatic carboxylic acids is 1. The first-order valence-corrected chi connectivity index (χ1v) is 6.28. The highest BCUT2D eigenvalue weighted by atomic mass is 16.5. The molecule has 110 valence electrons. The molecule has 0 aromatic heterocycles. The number of carbonyl (C=O) groups excluding carboxylic acids is 1. The van der Waals surface area contributed by atoms with Gasteiger partial charge in [-0.05, 0) is 37.6 Å². The summed E-state index contributed by atoms with van der Waals surface area (Å²) in [6.45, 7) is 1.43. The van der Waals surface area contributed by atoms with Crippen molar-refractivity contribution in [1.82, 2.24) is 0 Å². The topological polar surface area (TPSA) is 87.1 Å². The third-order valence-electron chi connectivity index (χ3n) is 2.92. The second-order valence-corrected chi connectivity index (χ2v) is 4.48. The van der Waals surface area contributed by atoms with Crippen molar-refractivity contribution >= 4 is 17.6 Å². The Labute approximate surface area is 117 Å². The molecular formula is C14H19NO5. The lowest BCUT2D eigenvalue weighted by atomic mass is 10.2. The van der Waals surface area contributed by atoms with Crippen LogP contribution in [0.15, 0.2) is 24.3 Å². The van der Waals surface area contributed by atoms with Gasteiger partial charge in [0.2, 0.25) is 5.91 Å². The highest BCUT2D eigenvalue weighted by Crippen LogP contribution is 2.19. The average Bonchev–Trinajstić information content (AvgIpc) is 2.42. The van der Waals surface area contributed by atoms with Crippen molar-refractivity contribution in [3.05, 3.63) is 24.3 Å². The molecule has 0 bridgehead atoms. The van der Waals surface area contributed by atoms with Crippen LogP contribution in [-0.4, -0.2) is 41.8 Å². The summed E-state index contributed by atoms with van der Waals surface area (Å²) in [5, 5.41) is 18.1. The van der Waals surface area contributed by atoms with Gasteiger partial charge in [-0.25, -0.2) is 0 Å². The van der Waals surface area contributed by atoms with Gasteiger partial charge in [-0.3, -0.25) is 9.59 Å². The van der Waals surface area contributed by atoms with E-state index in [1.807, 2.05) is 6.92 Å². The van der Waals surface area contributed by atoms with Gasteiger partial charge >= 0.3 is 5.97 Å². The normalized spacial score (nSPS) is 11.9. The van der Waals surface area contributed by atoms with Gasteiger partial charge < -0.3 is 19.8 Å². The van der Waals surface area contributed by atoms with Crippen molar-refractivity contribution in [1.29, 1.82) is 0 Å². The number of carboxylic acids is 1. The zero-order valence-electron chi connectivity index (χ0n) is 11.6. The number of amides is 1. The molecule has 0 heterocycles. The Morgan fingerprint density at radius 1 is 1.30 bits per heavy atom. The SMILES string of the molecule is COC(C)CCC(=O)N(CC(=O)O)c1ccc(O)cc1. The van der Waals surface area contributed by atoms with Crippen molar-refractivity contribution in [2.24, 2.45) is 0 Å². The molecular weight excluding hydrogens is 262 g/mol. The van der Waals surface area contributed by atoms with Crippen molar-refractivity contribution < 1.29 is 24.5 Å². The maximum Gasteiger partial charge on any atom is 0.323 e. The molecule has 1 atom stereocenters. The van der Waals surface area contributed by atoms with E-state index in [0.717, 1.165) is 0 Å². The molecule has 0 aliphatic heterocycles. The Balaban J connectivity index is 2.80. The molecule has 1 rings (SSSR count). The number of aromatic hydroxyl groups is 1. The van der Waals surface area contributed by atoms with E-state index in [1.54, 1.807) is 7.11 Å². The van der Waals surface area contributed by atoms with Crippen LogP contribution in [0, 0.1) is 0 Å². The van der Waals surface area contributed by atoms with E-state index in [0.29, 0.717) is 12.1 Å². The Hall–Kier alpha value is -2.08. The smallest absolute Gasteiger partial charge is 0.323 e. The number of phenolic OH excluding ortho intramolecular Hbond substituents is 1. The van der Waals surface area contributed by atoms with Crippen LogP contribution < -0.4 is 4.90 Å². The third kappa shape index (κ3) is 4.89. The lowest BCUT2D eigenvalue weighted by Gasteiger charge is -2.21. The summed E-state index contributed by atoms with van der Waals surface area (Å²) < 4.78 is 5.06. The molecule has 0 spiro atoms. The number of carbonyl (C=O) groups is 2. The van der Waals surface area contributed by atoms with Crippen LogP contribution in [0.4, 0.5) is 5.69 Å². The predicted molar refractivity (Wildman–Crippen MR) is 73.8 cm³/mol. The molecule has 0 fully saturated rings. The predicted octanol–water partition coefficient (Wildman–Crippen LogP) is 1.62. The fourth-order valence-electron chi connectivity index (χ4n) is 1.67. The largest absolute Gasteiger partial charge is 0.508 e. The van der Waals surface area contributed by atoms with E-state index in [-0.39, 0.29) is 24.2 Å². The lowest BCUT2D eigenvalue weighted by molar-refractivity contribution is -0.136. The van der Waals surface area contributed by atoms with E-state index in [9.17, 15) is 14.7 Å². The molecule has 2 N–H and O–H groups in total. The van der Waals surface area contributed by atoms with Gasteiger partial charge in [-0.15, -0.1) is 0 Å². The van der Waals surface area contributed by atoms with E-state index >= 15 is 0 Å². The molecule has 1 unspecified atom stereocenters. The molecule has 0 aliphatic rings. The number of methoxy groups -OCH3 is 1. The first-order valence-electron chi connectivity index (χ1n) is 6.28. The Morgan fingerprint density at radius 2 is 1.90 bits per heavy atom. The minimum absolute atomic E-state index is 0.0597. The number of hydrogen-bond donors (Lipinski definition) is 2. The monoisotopic (exact) mass is 281 g/mol. The highest BCUT2D eigenvalue weighted by molar-refractivity contribution is 5.97. The second kappa shape index (κ2) is 7.49. The maximum atomic E-state index is 12.1. The molecule has 1 aromatic rings. The second-order valence-electron chi connectivity index (χ2n) is 4.48. The first-order chi connectivity index (χ1) is 9.43. The summed E-state index contributed by atoms with van der Waals surface area (Å²) in [7, 11) is 1.56. The standard InChI is InChI=1S/C14H19NO5/c1-10(20-2)3-8-13(17)15(9-14(18)19)11-4-6-12(16)7-5-11/h4-7,10,16H,3,8-9H2,1-2H3,(H,18,19). The van der Waals surface area contributed by atoms with Crippen molar-refractivity contribution in [3.8, 4) is 5.75 Å². The van der Waals surface area contributed by atoms with E-state index in [4.69, 9.17) is 9.84 Å². The van der Waals surface area contributed by atoms with E-state index in [1.165, 1.54) is 29.2 Å². The Kier molecular flexibility index (Phi) is 5.99. The van der Waals surface area contributed by atoms with Crippen LogP contribution in [0.25, 0.3) is 0 Å². The maximum absolute atomic E-state index is 12.1. The molecule has 0 saturated carbocycles. The summed E-state index contributed by atoms with van der Waals surface area (Å²) in [5.74, 6) is -1.32. The summed E-state index contributed by atoms with van der Waals surface area (Å²) in [6.07, 6.45) is 0.651. The molecule has 6 nitrogen and oxygen atoms in total. The van der Waals surface area contributed by atoms with E-state index in [2.05, 4.69) is 0 Å². The molecule has 0 radical (unpaired) electrons. The zero-order valence-corrected chi connectivity index (χ0v) is 11.6. The average molecular weight is 281 g/mol. The van der Waals surface area contributed by atoms with Crippen LogP contribution in [0.5, 0.6) is 5.75 Å². The minimum Gasteiger partial charge on any atom is -0.508 e. The van der Waals surface area contributed by atoms with Crippen LogP contribution in [0.2, 0.25) is 0 Å². The van der Waals surface area contributed by atoms with Crippen LogP contribution in [0.3, 0.4) is 0 Å². The lowest BCUT2D eigenvalue weighted by Crippen LogP contribution is -2.36. The summed E-state index contributed by atoms with van der Waals surface area (Å²) >= 11 is 0. The number of anilines is 1. The summed E-state index contributed by atoms with van der Waals surface area (Å²) in [5.41, 5.74) is 0.445. The number of carboxylic acid groups (broad SMARTS) is 1. The molecule has 1 amide bonds. The van der Waals surface area contributed by atoms with Gasteiger partial charge in [0.1, 0.15) is 12.3 Å². The number of benzene rings is 1. The number of rotatable bonds is 7. The number of hydrogen-bond acceptors (Lipinski definition) is 4. The van der Waals surface area contributed by atoms with Crippen LogP contribution >= 0.6 is 0 Å². The van der Waals surface area contributed by atoms with Gasteiger partial charge in [0.05, 0.1) is 6.10 Å². The van der Waals surface area contributed by atoms with Crippen LogP contribution in [-0.2, 0) is 14.3 Å².